The van der Waals surface area contributed by atoms with E-state index in [0.717, 1.165) is 11.3 Å². The second kappa shape index (κ2) is 5.68. The van der Waals surface area contributed by atoms with Crippen LogP contribution in [0.15, 0.2) is 40.5 Å². The van der Waals surface area contributed by atoms with Crippen LogP contribution in [0.5, 0.6) is 0 Å². The second-order valence-corrected chi connectivity index (χ2v) is 4.87. The van der Waals surface area contributed by atoms with Gasteiger partial charge in [-0.25, -0.2) is 10.4 Å². The number of H-pyrrole nitrogens is 2. The maximum Gasteiger partial charge on any atom is 0.276 e. The van der Waals surface area contributed by atoms with Crippen molar-refractivity contribution in [3.63, 3.8) is 0 Å². The highest BCUT2D eigenvalue weighted by Gasteiger charge is 2.05. The Morgan fingerprint density at radius 2 is 2.05 bits per heavy atom. The van der Waals surface area contributed by atoms with Crippen molar-refractivity contribution in [2.24, 2.45) is 5.10 Å². The smallest absolute Gasteiger partial charge is 0.276 e. The first kappa shape index (κ1) is 13.8. The number of hydrogen-bond acceptors (Lipinski definition) is 6. The Morgan fingerprint density at radius 3 is 2.73 bits per heavy atom. The van der Waals surface area contributed by atoms with Crippen molar-refractivity contribution in [1.29, 1.82) is 0 Å². The number of anilines is 2. The van der Waals surface area contributed by atoms with Gasteiger partial charge >= 0.3 is 0 Å². The van der Waals surface area contributed by atoms with Crippen molar-refractivity contribution in [3.8, 4) is 0 Å². The van der Waals surface area contributed by atoms with E-state index >= 15 is 0 Å². The van der Waals surface area contributed by atoms with E-state index in [2.05, 4.69) is 30.5 Å². The van der Waals surface area contributed by atoms with Crippen LogP contribution in [0, 0.1) is 0 Å². The van der Waals surface area contributed by atoms with Crippen LogP contribution in [0.25, 0.3) is 11.2 Å². The topological polar surface area (TPSA) is 102 Å². The van der Waals surface area contributed by atoms with Crippen molar-refractivity contribution in [3.05, 3.63) is 46.5 Å². The molecule has 112 valence electrons. The molecule has 0 aliphatic heterocycles. The molecule has 1 aromatic carbocycles. The van der Waals surface area contributed by atoms with Gasteiger partial charge in [-0.3, -0.25) is 4.79 Å². The number of nitrogens with zero attached hydrogens (tertiary/aromatic N) is 4. The first-order valence-electron chi connectivity index (χ1n) is 6.63. The Labute approximate surface area is 125 Å². The number of aromatic nitrogens is 4. The van der Waals surface area contributed by atoms with Gasteiger partial charge < -0.3 is 14.9 Å². The third-order valence-corrected chi connectivity index (χ3v) is 3.09. The number of rotatable bonds is 4. The number of hydrazone groups is 1. The third-order valence-electron chi connectivity index (χ3n) is 3.09. The number of hydrogen-bond donors (Lipinski definition) is 3. The van der Waals surface area contributed by atoms with Crippen LogP contribution in [0.1, 0.15) is 5.56 Å². The fourth-order valence-corrected chi connectivity index (χ4v) is 1.92. The summed E-state index contributed by atoms with van der Waals surface area (Å²) >= 11 is 0. The number of benzene rings is 1. The summed E-state index contributed by atoms with van der Waals surface area (Å²) in [5.74, 6) is 0.361. The van der Waals surface area contributed by atoms with Crippen molar-refractivity contribution in [2.45, 2.75) is 0 Å². The molecule has 0 aliphatic carbocycles. The van der Waals surface area contributed by atoms with Crippen molar-refractivity contribution in [2.75, 3.05) is 24.4 Å². The lowest BCUT2D eigenvalue weighted by Gasteiger charge is -2.11. The van der Waals surface area contributed by atoms with Gasteiger partial charge in [0.1, 0.15) is 0 Å². The Hall–Kier alpha value is -3.16. The molecule has 2 aromatic heterocycles. The Morgan fingerprint density at radius 1 is 1.27 bits per heavy atom. The summed E-state index contributed by atoms with van der Waals surface area (Å²) in [7, 11) is 3.98. The second-order valence-electron chi connectivity index (χ2n) is 4.87. The van der Waals surface area contributed by atoms with E-state index in [1.165, 1.54) is 6.33 Å². The van der Waals surface area contributed by atoms with Crippen molar-refractivity contribution < 1.29 is 0 Å². The van der Waals surface area contributed by atoms with Crippen LogP contribution in [0.4, 0.5) is 11.6 Å². The molecule has 0 fully saturated rings. The minimum atomic E-state index is -0.270. The first-order chi connectivity index (χ1) is 10.6. The third kappa shape index (κ3) is 2.80. The highest BCUT2D eigenvalue weighted by molar-refractivity contribution is 5.81. The molecule has 0 unspecified atom stereocenters. The van der Waals surface area contributed by atoms with E-state index in [9.17, 15) is 4.79 Å². The van der Waals surface area contributed by atoms with Gasteiger partial charge in [0.2, 0.25) is 5.95 Å². The van der Waals surface area contributed by atoms with Gasteiger partial charge in [0, 0.05) is 19.8 Å². The first-order valence-corrected chi connectivity index (χ1v) is 6.63. The molecule has 0 radical (unpaired) electrons. The maximum absolute atomic E-state index is 11.5. The van der Waals surface area contributed by atoms with Gasteiger partial charge in [-0.05, 0) is 17.7 Å². The molecule has 0 saturated carbocycles. The number of imidazole rings is 1. The lowest BCUT2D eigenvalue weighted by atomic mass is 10.2. The van der Waals surface area contributed by atoms with E-state index in [-0.39, 0.29) is 5.56 Å². The average Bonchev–Trinajstić information content (AvgIpc) is 2.92. The minimum Gasteiger partial charge on any atom is -0.378 e. The zero-order valence-electron chi connectivity index (χ0n) is 12.2. The summed E-state index contributed by atoms with van der Waals surface area (Å²) in [6.45, 7) is 0. The van der Waals surface area contributed by atoms with Crippen molar-refractivity contribution >= 4 is 29.0 Å². The largest absolute Gasteiger partial charge is 0.378 e. The van der Waals surface area contributed by atoms with Crippen LogP contribution in [0.2, 0.25) is 0 Å². The molecule has 3 N–H and O–H groups in total. The molecule has 3 rings (SSSR count). The molecule has 0 bridgehead atoms. The lowest BCUT2D eigenvalue weighted by molar-refractivity contribution is 1.13. The van der Waals surface area contributed by atoms with E-state index < -0.39 is 0 Å². The lowest BCUT2D eigenvalue weighted by Crippen LogP contribution is -2.08. The molecule has 0 amide bonds. The summed E-state index contributed by atoms with van der Waals surface area (Å²) in [5.41, 5.74) is 5.20. The fraction of sp³-hybridized carbons (Fsp3) is 0.143. The van der Waals surface area contributed by atoms with Gasteiger partial charge in [-0.2, -0.15) is 10.1 Å². The fourth-order valence-electron chi connectivity index (χ4n) is 1.92. The SMILES string of the molecule is CN(C)c1ccc(/C=N\Nc2nc3nc[nH]c(=O)c3[nH]2)cc1. The van der Waals surface area contributed by atoms with Crippen LogP contribution >= 0.6 is 0 Å². The summed E-state index contributed by atoms with van der Waals surface area (Å²) in [6.07, 6.45) is 2.98. The van der Waals surface area contributed by atoms with Crippen molar-refractivity contribution in [1.82, 2.24) is 19.9 Å². The molecule has 3 aromatic rings. The minimum absolute atomic E-state index is 0.270. The van der Waals surface area contributed by atoms with Gasteiger partial charge in [0.25, 0.3) is 5.56 Å². The Balaban J connectivity index is 1.73. The normalized spacial score (nSPS) is 11.2. The average molecular weight is 297 g/mol. The number of nitrogens with one attached hydrogen (secondary N) is 3. The summed E-state index contributed by atoms with van der Waals surface area (Å²) in [6, 6.07) is 7.94. The molecule has 0 aliphatic rings. The number of aromatic amines is 2. The quantitative estimate of drug-likeness (QED) is 0.495. The predicted octanol–water partition coefficient (Wildman–Crippen LogP) is 1.16. The Kier molecular flexibility index (Phi) is 3.57. The summed E-state index contributed by atoms with van der Waals surface area (Å²) in [4.78, 5) is 26.9. The molecule has 0 atom stereocenters. The van der Waals surface area contributed by atoms with Gasteiger partial charge in [-0.1, -0.05) is 12.1 Å². The van der Waals surface area contributed by atoms with Crippen LogP contribution in [-0.2, 0) is 0 Å². The van der Waals surface area contributed by atoms with Gasteiger partial charge in [0.05, 0.1) is 12.5 Å². The number of fused-ring (bicyclic) bond motifs is 1. The summed E-state index contributed by atoms with van der Waals surface area (Å²) in [5, 5.41) is 4.09. The molecular formula is C14H15N7O. The highest BCUT2D eigenvalue weighted by atomic mass is 16.1. The molecule has 8 heteroatoms. The van der Waals surface area contributed by atoms with Crippen LogP contribution in [-0.4, -0.2) is 40.2 Å². The predicted molar refractivity (Wildman–Crippen MR) is 86.5 cm³/mol. The zero-order valence-corrected chi connectivity index (χ0v) is 12.2. The molecule has 2 heterocycles. The Bertz CT molecular complexity index is 861. The molecular weight excluding hydrogens is 282 g/mol. The summed E-state index contributed by atoms with van der Waals surface area (Å²) < 4.78 is 0. The van der Waals surface area contributed by atoms with Crippen LogP contribution < -0.4 is 15.9 Å². The van der Waals surface area contributed by atoms with Gasteiger partial charge in [-0.15, -0.1) is 0 Å². The molecule has 22 heavy (non-hydrogen) atoms. The molecule has 0 saturated heterocycles. The molecule has 0 spiro atoms. The molecule has 8 nitrogen and oxygen atoms in total. The monoisotopic (exact) mass is 297 g/mol. The standard InChI is InChI=1S/C14H15N7O/c1-21(2)10-5-3-9(4-6-10)7-17-20-14-18-11-12(19-14)15-8-16-13(11)22/h3-8H,1-2H3,(H3,15,16,18,19,20,22)/b17-7-. The van der Waals surface area contributed by atoms with E-state index in [4.69, 9.17) is 0 Å². The van der Waals surface area contributed by atoms with E-state index in [1.54, 1.807) is 6.21 Å². The zero-order chi connectivity index (χ0) is 15.5. The maximum atomic E-state index is 11.5. The van der Waals surface area contributed by atoms with E-state index in [0.29, 0.717) is 17.1 Å². The van der Waals surface area contributed by atoms with Gasteiger partial charge in [0.15, 0.2) is 11.2 Å². The van der Waals surface area contributed by atoms with E-state index in [1.807, 2.05) is 43.3 Å². The van der Waals surface area contributed by atoms with Crippen LogP contribution in [0.3, 0.4) is 0 Å². The highest BCUT2D eigenvalue weighted by Crippen LogP contribution is 2.11.